The summed E-state index contributed by atoms with van der Waals surface area (Å²) in [5.74, 6) is 2.22. The fraction of sp³-hybridized carbons (Fsp3) is 0.688. The highest BCUT2D eigenvalue weighted by molar-refractivity contribution is 6.33. The van der Waals surface area contributed by atoms with Gasteiger partial charge in [-0.25, -0.2) is 4.98 Å². The number of hydrogen-bond acceptors (Lipinski definition) is 3. The molecule has 0 N–H and O–H groups in total. The summed E-state index contributed by atoms with van der Waals surface area (Å²) in [6, 6.07) is 1.94. The lowest BCUT2D eigenvalue weighted by molar-refractivity contribution is 0.249. The quantitative estimate of drug-likeness (QED) is 0.784. The van der Waals surface area contributed by atoms with Gasteiger partial charge in [-0.3, -0.25) is 0 Å². The molecular weight excluding hydrogens is 305 g/mol. The van der Waals surface area contributed by atoms with Crippen molar-refractivity contribution in [2.75, 3.05) is 37.6 Å². The topological polar surface area (TPSA) is 19.4 Å². The molecule has 2 aliphatic heterocycles. The van der Waals surface area contributed by atoms with E-state index in [1.165, 1.54) is 45.3 Å². The van der Waals surface area contributed by atoms with Crippen LogP contribution in [0.15, 0.2) is 12.3 Å². The molecule has 0 unspecified atom stereocenters. The fourth-order valence-corrected chi connectivity index (χ4v) is 3.89. The van der Waals surface area contributed by atoms with Crippen LogP contribution in [0.4, 0.5) is 5.82 Å². The molecule has 0 amide bonds. The van der Waals surface area contributed by atoms with E-state index < -0.39 is 0 Å². The highest BCUT2D eigenvalue weighted by Crippen LogP contribution is 2.29. The number of halogens is 2. The van der Waals surface area contributed by atoms with Crippen LogP contribution in [-0.2, 0) is 5.88 Å². The normalized spacial score (nSPS) is 21.1. The Morgan fingerprint density at radius 1 is 1.14 bits per heavy atom. The van der Waals surface area contributed by atoms with Crippen molar-refractivity contribution < 1.29 is 0 Å². The number of alkyl halides is 1. The Labute approximate surface area is 137 Å². The van der Waals surface area contributed by atoms with Crippen LogP contribution in [0.25, 0.3) is 0 Å². The molecule has 5 heteroatoms. The summed E-state index contributed by atoms with van der Waals surface area (Å²) < 4.78 is 0. The molecule has 2 fully saturated rings. The van der Waals surface area contributed by atoms with E-state index in [9.17, 15) is 0 Å². The predicted octanol–water partition coefficient (Wildman–Crippen LogP) is 3.79. The Bertz CT molecular complexity index is 467. The minimum Gasteiger partial charge on any atom is -0.355 e. The molecule has 3 rings (SSSR count). The van der Waals surface area contributed by atoms with Gasteiger partial charge in [-0.2, -0.15) is 0 Å². The van der Waals surface area contributed by atoms with E-state index in [-0.39, 0.29) is 0 Å². The molecule has 21 heavy (non-hydrogen) atoms. The number of hydrogen-bond donors (Lipinski definition) is 0. The van der Waals surface area contributed by atoms with Gasteiger partial charge in [0, 0.05) is 31.7 Å². The van der Waals surface area contributed by atoms with Crippen LogP contribution in [0.5, 0.6) is 0 Å². The smallest absolute Gasteiger partial charge is 0.147 e. The zero-order valence-corrected chi connectivity index (χ0v) is 13.9. The predicted molar refractivity (Wildman–Crippen MR) is 89.4 cm³/mol. The molecule has 0 bridgehead atoms. The van der Waals surface area contributed by atoms with E-state index in [4.69, 9.17) is 23.2 Å². The van der Waals surface area contributed by atoms with E-state index in [2.05, 4.69) is 14.8 Å². The lowest BCUT2D eigenvalue weighted by Crippen LogP contribution is -2.38. The first-order chi connectivity index (χ1) is 10.3. The first-order valence-corrected chi connectivity index (χ1v) is 8.85. The van der Waals surface area contributed by atoms with Gasteiger partial charge in [0.1, 0.15) is 5.82 Å². The molecule has 2 saturated heterocycles. The Morgan fingerprint density at radius 3 is 2.48 bits per heavy atom. The summed E-state index contributed by atoms with van der Waals surface area (Å²) >= 11 is 12.2. The summed E-state index contributed by atoms with van der Waals surface area (Å²) in [5.41, 5.74) is 0.981. The van der Waals surface area contributed by atoms with Crippen LogP contribution < -0.4 is 4.90 Å². The van der Waals surface area contributed by atoms with E-state index in [1.54, 1.807) is 0 Å². The van der Waals surface area contributed by atoms with Crippen molar-refractivity contribution in [2.45, 2.75) is 31.6 Å². The van der Waals surface area contributed by atoms with Gasteiger partial charge in [-0.15, -0.1) is 11.6 Å². The van der Waals surface area contributed by atoms with Crippen LogP contribution in [0.2, 0.25) is 5.02 Å². The molecular formula is C16H23Cl2N3. The number of nitrogens with zero attached hydrogens (tertiary/aromatic N) is 3. The highest BCUT2D eigenvalue weighted by Gasteiger charge is 2.24. The van der Waals surface area contributed by atoms with E-state index >= 15 is 0 Å². The number of anilines is 1. The van der Waals surface area contributed by atoms with E-state index in [0.717, 1.165) is 35.4 Å². The SMILES string of the molecule is ClCc1cnc(N2CCC(CN3CCCC3)CC2)c(Cl)c1. The Morgan fingerprint density at radius 2 is 1.86 bits per heavy atom. The second kappa shape index (κ2) is 7.17. The van der Waals surface area contributed by atoms with Gasteiger partial charge in [-0.1, -0.05) is 11.6 Å². The van der Waals surface area contributed by atoms with Gasteiger partial charge < -0.3 is 9.80 Å². The van der Waals surface area contributed by atoms with Crippen LogP contribution in [0.1, 0.15) is 31.2 Å². The number of rotatable bonds is 4. The molecule has 3 heterocycles. The van der Waals surface area contributed by atoms with Gasteiger partial charge in [0.05, 0.1) is 5.02 Å². The molecule has 3 nitrogen and oxygen atoms in total. The lowest BCUT2D eigenvalue weighted by Gasteiger charge is -2.35. The minimum atomic E-state index is 0.463. The molecule has 0 aliphatic carbocycles. The van der Waals surface area contributed by atoms with Crippen molar-refractivity contribution in [3.05, 3.63) is 22.8 Å². The zero-order chi connectivity index (χ0) is 14.7. The minimum absolute atomic E-state index is 0.463. The van der Waals surface area contributed by atoms with Gasteiger partial charge in [0.25, 0.3) is 0 Å². The number of pyridine rings is 1. The summed E-state index contributed by atoms with van der Waals surface area (Å²) in [6.45, 7) is 6.00. The van der Waals surface area contributed by atoms with Crippen LogP contribution >= 0.6 is 23.2 Å². The summed E-state index contributed by atoms with van der Waals surface area (Å²) in [4.78, 5) is 9.45. The maximum Gasteiger partial charge on any atom is 0.147 e. The van der Waals surface area contributed by atoms with Gasteiger partial charge >= 0.3 is 0 Å². The standard InChI is InChI=1S/C16H23Cl2N3/c17-10-14-9-15(18)16(19-11-14)21-7-3-13(4-8-21)12-20-5-1-2-6-20/h9,11,13H,1-8,10,12H2. The highest BCUT2D eigenvalue weighted by atomic mass is 35.5. The maximum absolute atomic E-state index is 6.34. The van der Waals surface area contributed by atoms with Crippen LogP contribution in [0.3, 0.4) is 0 Å². The molecule has 2 aliphatic rings. The van der Waals surface area contributed by atoms with Crippen molar-refractivity contribution >= 4 is 29.0 Å². The molecule has 0 radical (unpaired) electrons. The first kappa shape index (κ1) is 15.4. The van der Waals surface area contributed by atoms with Crippen LogP contribution in [-0.4, -0.2) is 42.6 Å². The maximum atomic E-state index is 6.34. The van der Waals surface area contributed by atoms with Crippen LogP contribution in [0, 0.1) is 5.92 Å². The average molecular weight is 328 g/mol. The molecule has 0 saturated carbocycles. The molecule has 116 valence electrons. The fourth-order valence-electron chi connectivity index (χ4n) is 3.43. The average Bonchev–Trinajstić information content (AvgIpc) is 3.01. The second-order valence-electron chi connectivity index (χ2n) is 6.22. The van der Waals surface area contributed by atoms with Crippen molar-refractivity contribution in [1.29, 1.82) is 0 Å². The Balaban J connectivity index is 1.55. The Hall–Kier alpha value is -0.510. The van der Waals surface area contributed by atoms with E-state index in [0.29, 0.717) is 5.88 Å². The third kappa shape index (κ3) is 3.82. The molecule has 1 aromatic heterocycles. The molecule has 1 aromatic rings. The summed E-state index contributed by atoms with van der Waals surface area (Å²) in [5, 5.41) is 0.728. The third-order valence-corrected chi connectivity index (χ3v) is 5.25. The van der Waals surface area contributed by atoms with Crippen molar-refractivity contribution in [1.82, 2.24) is 9.88 Å². The molecule has 0 atom stereocenters. The summed E-state index contributed by atoms with van der Waals surface area (Å²) in [7, 11) is 0. The monoisotopic (exact) mass is 327 g/mol. The third-order valence-electron chi connectivity index (χ3n) is 4.66. The molecule has 0 aromatic carbocycles. The van der Waals surface area contributed by atoms with Crippen molar-refractivity contribution in [3.63, 3.8) is 0 Å². The van der Waals surface area contributed by atoms with Gasteiger partial charge in [-0.05, 0) is 56.3 Å². The number of aromatic nitrogens is 1. The number of likely N-dealkylation sites (tertiary alicyclic amines) is 1. The Kier molecular flexibility index (Phi) is 5.25. The van der Waals surface area contributed by atoms with Gasteiger partial charge in [0.2, 0.25) is 0 Å². The summed E-state index contributed by atoms with van der Waals surface area (Å²) in [6.07, 6.45) is 7.08. The van der Waals surface area contributed by atoms with Crippen molar-refractivity contribution in [2.24, 2.45) is 5.92 Å². The first-order valence-electron chi connectivity index (χ1n) is 7.94. The van der Waals surface area contributed by atoms with Crippen molar-refractivity contribution in [3.8, 4) is 0 Å². The van der Waals surface area contributed by atoms with E-state index in [1.807, 2.05) is 12.3 Å². The largest absolute Gasteiger partial charge is 0.355 e. The van der Waals surface area contributed by atoms with Gasteiger partial charge in [0.15, 0.2) is 0 Å². The number of piperidine rings is 1. The zero-order valence-electron chi connectivity index (χ0n) is 12.4. The lowest BCUT2D eigenvalue weighted by atomic mass is 9.96. The molecule has 0 spiro atoms. The second-order valence-corrected chi connectivity index (χ2v) is 6.90.